The molecular weight excluding hydrogens is 128 g/mol. The van der Waals surface area contributed by atoms with E-state index in [9.17, 15) is 0 Å². The summed E-state index contributed by atoms with van der Waals surface area (Å²) in [7, 11) is 1.51. The number of aliphatic imine (C=N–C) groups is 2. The van der Waals surface area contributed by atoms with Gasteiger partial charge in [0.1, 0.15) is 0 Å². The number of allylic oxidation sites excluding steroid dienone is 1. The fourth-order valence-electron chi connectivity index (χ4n) is 0.342. The van der Waals surface area contributed by atoms with Crippen molar-refractivity contribution in [2.24, 2.45) is 9.98 Å². The topological polar surface area (TPSA) is 34.0 Å². The highest BCUT2D eigenvalue weighted by molar-refractivity contribution is 5.78. The molecule has 0 rings (SSSR count). The molecule has 0 aromatic rings. The zero-order valence-electron chi connectivity index (χ0n) is 6.59. The van der Waals surface area contributed by atoms with Crippen molar-refractivity contribution in [3.63, 3.8) is 0 Å². The van der Waals surface area contributed by atoms with Crippen LogP contribution >= 0.6 is 0 Å². The van der Waals surface area contributed by atoms with Gasteiger partial charge in [-0.05, 0) is 20.6 Å². The Bertz CT molecular complexity index is 166. The van der Waals surface area contributed by atoms with Crippen LogP contribution in [0.2, 0.25) is 0 Å². The molecule has 0 aliphatic heterocycles. The predicted molar refractivity (Wildman–Crippen MR) is 43.4 cm³/mol. The standard InChI is InChI=1S/C7H12N2O/c1-6(2)5-9-7(8-3)10-4/h5H,3H2,1-2,4H3/b9-7+. The molecule has 0 aromatic heterocycles. The van der Waals surface area contributed by atoms with Gasteiger partial charge in [0.05, 0.1) is 7.11 Å². The zero-order chi connectivity index (χ0) is 7.98. The van der Waals surface area contributed by atoms with Gasteiger partial charge in [0.15, 0.2) is 0 Å². The highest BCUT2D eigenvalue weighted by atomic mass is 16.5. The second-order valence-corrected chi connectivity index (χ2v) is 1.98. The van der Waals surface area contributed by atoms with E-state index in [0.29, 0.717) is 6.02 Å². The van der Waals surface area contributed by atoms with E-state index in [2.05, 4.69) is 16.7 Å². The van der Waals surface area contributed by atoms with E-state index in [1.54, 1.807) is 6.20 Å². The van der Waals surface area contributed by atoms with Gasteiger partial charge in [-0.1, -0.05) is 5.57 Å². The number of ether oxygens (including phenoxy) is 1. The number of amidine groups is 1. The lowest BCUT2D eigenvalue weighted by Crippen LogP contribution is -1.93. The molecule has 0 unspecified atom stereocenters. The first-order chi connectivity index (χ1) is 4.70. The number of rotatable bonds is 1. The minimum Gasteiger partial charge on any atom is -0.467 e. The van der Waals surface area contributed by atoms with E-state index in [1.165, 1.54) is 7.11 Å². The number of hydrogen-bond acceptors (Lipinski definition) is 2. The van der Waals surface area contributed by atoms with Crippen molar-refractivity contribution >= 4 is 12.7 Å². The minimum absolute atomic E-state index is 0.293. The smallest absolute Gasteiger partial charge is 0.315 e. The lowest BCUT2D eigenvalue weighted by atomic mass is 10.4. The molecule has 3 nitrogen and oxygen atoms in total. The molecular formula is C7H12N2O. The molecule has 0 spiro atoms. The molecule has 0 heterocycles. The van der Waals surface area contributed by atoms with Crippen molar-refractivity contribution < 1.29 is 4.74 Å². The molecule has 0 amide bonds. The average molecular weight is 140 g/mol. The van der Waals surface area contributed by atoms with Gasteiger partial charge < -0.3 is 4.74 Å². The van der Waals surface area contributed by atoms with E-state index < -0.39 is 0 Å². The summed E-state index contributed by atoms with van der Waals surface area (Å²) in [4.78, 5) is 7.38. The minimum atomic E-state index is 0.293. The SMILES string of the molecule is C=N/C(=N\C=C(C)C)OC. The third-order valence-electron chi connectivity index (χ3n) is 0.751. The average Bonchev–Trinajstić information content (AvgIpc) is 1.90. The van der Waals surface area contributed by atoms with E-state index in [1.807, 2.05) is 13.8 Å². The molecule has 0 aliphatic carbocycles. The van der Waals surface area contributed by atoms with Crippen LogP contribution in [0.15, 0.2) is 21.8 Å². The van der Waals surface area contributed by atoms with Gasteiger partial charge in [-0.25, -0.2) is 9.98 Å². The molecule has 0 saturated carbocycles. The third kappa shape index (κ3) is 3.83. The highest BCUT2D eigenvalue weighted by Crippen LogP contribution is 1.90. The quantitative estimate of drug-likeness (QED) is 0.402. The van der Waals surface area contributed by atoms with E-state index in [0.717, 1.165) is 5.57 Å². The van der Waals surface area contributed by atoms with E-state index in [-0.39, 0.29) is 0 Å². The van der Waals surface area contributed by atoms with Gasteiger partial charge in [0, 0.05) is 6.20 Å². The Morgan fingerprint density at radius 1 is 1.50 bits per heavy atom. The van der Waals surface area contributed by atoms with Gasteiger partial charge in [-0.3, -0.25) is 0 Å². The normalized spacial score (nSPS) is 10.5. The van der Waals surface area contributed by atoms with Crippen molar-refractivity contribution in [3.8, 4) is 0 Å². The van der Waals surface area contributed by atoms with Crippen molar-refractivity contribution in [3.05, 3.63) is 11.8 Å². The van der Waals surface area contributed by atoms with Crippen LogP contribution in [0.3, 0.4) is 0 Å². The van der Waals surface area contributed by atoms with Crippen molar-refractivity contribution in [2.75, 3.05) is 7.11 Å². The molecule has 0 bridgehead atoms. The Hall–Kier alpha value is -1.12. The summed E-state index contributed by atoms with van der Waals surface area (Å²) in [5, 5.41) is 0. The summed E-state index contributed by atoms with van der Waals surface area (Å²) in [6.45, 7) is 7.16. The van der Waals surface area contributed by atoms with E-state index in [4.69, 9.17) is 4.74 Å². The fraction of sp³-hybridized carbons (Fsp3) is 0.429. The summed E-state index contributed by atoms with van der Waals surface area (Å²) in [6, 6.07) is 0.293. The van der Waals surface area contributed by atoms with Gasteiger partial charge in [0.2, 0.25) is 0 Å². The summed E-state index contributed by atoms with van der Waals surface area (Å²) in [5.41, 5.74) is 1.10. The number of methoxy groups -OCH3 is 1. The van der Waals surface area contributed by atoms with Gasteiger partial charge in [-0.2, -0.15) is 0 Å². The van der Waals surface area contributed by atoms with Crippen LogP contribution in [0.1, 0.15) is 13.8 Å². The van der Waals surface area contributed by atoms with Gasteiger partial charge >= 0.3 is 6.02 Å². The monoisotopic (exact) mass is 140 g/mol. The second-order valence-electron chi connectivity index (χ2n) is 1.98. The first-order valence-corrected chi connectivity index (χ1v) is 2.92. The first kappa shape index (κ1) is 8.88. The van der Waals surface area contributed by atoms with Crippen LogP contribution in [-0.4, -0.2) is 19.8 Å². The van der Waals surface area contributed by atoms with Crippen molar-refractivity contribution in [2.45, 2.75) is 13.8 Å². The van der Waals surface area contributed by atoms with Crippen LogP contribution in [0, 0.1) is 0 Å². The Morgan fingerprint density at radius 3 is 2.40 bits per heavy atom. The molecule has 56 valence electrons. The van der Waals surface area contributed by atoms with Gasteiger partial charge in [0.25, 0.3) is 0 Å². The Kier molecular flexibility index (Phi) is 4.20. The maximum atomic E-state index is 4.73. The largest absolute Gasteiger partial charge is 0.467 e. The maximum Gasteiger partial charge on any atom is 0.315 e. The van der Waals surface area contributed by atoms with Crippen molar-refractivity contribution in [1.29, 1.82) is 0 Å². The van der Waals surface area contributed by atoms with Crippen LogP contribution in [-0.2, 0) is 4.74 Å². The summed E-state index contributed by atoms with van der Waals surface area (Å²) >= 11 is 0. The second kappa shape index (κ2) is 4.73. The molecule has 0 atom stereocenters. The Labute approximate surface area is 61.1 Å². The Morgan fingerprint density at radius 2 is 2.10 bits per heavy atom. The first-order valence-electron chi connectivity index (χ1n) is 2.92. The molecule has 10 heavy (non-hydrogen) atoms. The Balaban J connectivity index is 4.12. The lowest BCUT2D eigenvalue weighted by molar-refractivity contribution is 0.397. The van der Waals surface area contributed by atoms with Crippen LogP contribution < -0.4 is 0 Å². The summed E-state index contributed by atoms with van der Waals surface area (Å²) < 4.78 is 4.73. The zero-order valence-corrected chi connectivity index (χ0v) is 6.59. The van der Waals surface area contributed by atoms with Crippen molar-refractivity contribution in [1.82, 2.24) is 0 Å². The molecule has 0 aromatic carbocycles. The fourth-order valence-corrected chi connectivity index (χ4v) is 0.342. The molecule has 0 radical (unpaired) electrons. The number of nitrogens with zero attached hydrogens (tertiary/aromatic N) is 2. The number of hydrogen-bond donors (Lipinski definition) is 0. The molecule has 0 fully saturated rings. The maximum absolute atomic E-state index is 4.73. The third-order valence-corrected chi connectivity index (χ3v) is 0.751. The molecule has 0 N–H and O–H groups in total. The van der Waals surface area contributed by atoms with Crippen LogP contribution in [0.5, 0.6) is 0 Å². The van der Waals surface area contributed by atoms with Crippen LogP contribution in [0.4, 0.5) is 0 Å². The molecule has 3 heteroatoms. The lowest BCUT2D eigenvalue weighted by Gasteiger charge is -1.93. The summed E-state index contributed by atoms with van der Waals surface area (Å²) in [5.74, 6) is 0. The molecule has 0 aliphatic rings. The van der Waals surface area contributed by atoms with Crippen LogP contribution in [0.25, 0.3) is 0 Å². The van der Waals surface area contributed by atoms with Gasteiger partial charge in [-0.15, -0.1) is 0 Å². The summed E-state index contributed by atoms with van der Waals surface area (Å²) in [6.07, 6.45) is 1.67. The highest BCUT2D eigenvalue weighted by Gasteiger charge is 1.85. The molecule has 0 saturated heterocycles. The predicted octanol–water partition coefficient (Wildman–Crippen LogP) is 1.61. The van der Waals surface area contributed by atoms with E-state index >= 15 is 0 Å².